The quantitative estimate of drug-likeness (QED) is 0.641. The van der Waals surface area contributed by atoms with Crippen LogP contribution in [0.5, 0.6) is 0 Å². The highest BCUT2D eigenvalue weighted by atomic mass is 14.0. The Labute approximate surface area is 91.7 Å². The normalized spacial score (nSPS) is 9.60. The lowest BCUT2D eigenvalue weighted by molar-refractivity contribution is 1.55. The highest BCUT2D eigenvalue weighted by molar-refractivity contribution is 6.21. The summed E-state index contributed by atoms with van der Waals surface area (Å²) in [6.45, 7) is 0. The van der Waals surface area contributed by atoms with Crippen molar-refractivity contribution in [1.82, 2.24) is 0 Å². The van der Waals surface area contributed by atoms with E-state index >= 15 is 0 Å². The molecule has 0 saturated carbocycles. The van der Waals surface area contributed by atoms with Crippen molar-refractivity contribution in [1.29, 1.82) is 0 Å². The average Bonchev–Trinajstić information content (AvgIpc) is 2.33. The van der Waals surface area contributed by atoms with E-state index in [0.717, 1.165) is 0 Å². The monoisotopic (exact) mass is 192 g/mol. The van der Waals surface area contributed by atoms with Crippen LogP contribution < -0.4 is 0 Å². The van der Waals surface area contributed by atoms with Crippen molar-refractivity contribution in [2.45, 2.75) is 0 Å². The van der Waals surface area contributed by atoms with E-state index < -0.39 is 0 Å². The van der Waals surface area contributed by atoms with Crippen LogP contribution in [0.25, 0.3) is 5.57 Å². The SMILES string of the molecule is BC=C(c1ccccc1)c1ccccc1. The number of hydrogen-bond donors (Lipinski definition) is 0. The van der Waals surface area contributed by atoms with Crippen molar-refractivity contribution in [2.24, 2.45) is 0 Å². The summed E-state index contributed by atoms with van der Waals surface area (Å²) in [5.74, 6) is 2.16. The molecule has 0 aliphatic rings. The number of benzene rings is 2. The third kappa shape index (κ3) is 2.19. The molecule has 15 heavy (non-hydrogen) atoms. The zero-order valence-corrected chi connectivity index (χ0v) is 8.85. The van der Waals surface area contributed by atoms with Gasteiger partial charge in [0.25, 0.3) is 0 Å². The van der Waals surface area contributed by atoms with Gasteiger partial charge in [0.15, 0.2) is 0 Å². The molecule has 0 bridgehead atoms. The fourth-order valence-corrected chi connectivity index (χ4v) is 1.74. The van der Waals surface area contributed by atoms with E-state index in [2.05, 4.69) is 62.4 Å². The smallest absolute Gasteiger partial charge is 0.115 e. The molecular weight excluding hydrogens is 179 g/mol. The molecule has 0 unspecified atom stereocenters. The Morgan fingerprint density at radius 2 is 1.13 bits per heavy atom. The molecule has 1 heteroatoms. The third-order valence-corrected chi connectivity index (χ3v) is 2.46. The third-order valence-electron chi connectivity index (χ3n) is 2.46. The van der Waals surface area contributed by atoms with Gasteiger partial charge in [-0.2, -0.15) is 0 Å². The number of rotatable bonds is 2. The van der Waals surface area contributed by atoms with Crippen molar-refractivity contribution in [3.8, 4) is 0 Å². The first-order valence-electron chi connectivity index (χ1n) is 5.19. The van der Waals surface area contributed by atoms with Crippen LogP contribution in [0.3, 0.4) is 0 Å². The second-order valence-electron chi connectivity index (χ2n) is 3.43. The standard InChI is InChI=1S/C14H13B/c15-11-14(12-7-3-1-4-8-12)13-9-5-2-6-10-13/h1-11H,15H2. The summed E-state index contributed by atoms with van der Waals surface area (Å²) >= 11 is 0. The Kier molecular flexibility index (Phi) is 3.03. The Balaban J connectivity index is 2.44. The lowest BCUT2D eigenvalue weighted by Gasteiger charge is -2.07. The van der Waals surface area contributed by atoms with Gasteiger partial charge in [0.2, 0.25) is 0 Å². The van der Waals surface area contributed by atoms with Gasteiger partial charge in [0, 0.05) is 0 Å². The molecule has 2 aromatic carbocycles. The first-order chi connectivity index (χ1) is 7.42. The molecule has 0 heterocycles. The zero-order chi connectivity index (χ0) is 10.5. The van der Waals surface area contributed by atoms with E-state index in [9.17, 15) is 0 Å². The summed E-state index contributed by atoms with van der Waals surface area (Å²) < 4.78 is 0. The first-order valence-corrected chi connectivity index (χ1v) is 5.19. The molecule has 0 aromatic heterocycles. The van der Waals surface area contributed by atoms with Crippen LogP contribution in [0.15, 0.2) is 66.6 Å². The van der Waals surface area contributed by atoms with Crippen LogP contribution >= 0.6 is 0 Å². The molecule has 2 aromatic rings. The first kappa shape index (κ1) is 9.79. The summed E-state index contributed by atoms with van der Waals surface area (Å²) in [5.41, 5.74) is 3.83. The molecule has 2 rings (SSSR count). The van der Waals surface area contributed by atoms with Crippen LogP contribution in [-0.4, -0.2) is 7.85 Å². The van der Waals surface area contributed by atoms with Crippen LogP contribution in [0.4, 0.5) is 0 Å². The Morgan fingerprint density at radius 3 is 1.47 bits per heavy atom. The van der Waals surface area contributed by atoms with E-state index in [1.807, 2.05) is 12.1 Å². The molecule has 0 aliphatic heterocycles. The minimum atomic E-state index is 1.27. The van der Waals surface area contributed by atoms with Crippen LogP contribution in [0.1, 0.15) is 11.1 Å². The van der Waals surface area contributed by atoms with E-state index in [1.54, 1.807) is 0 Å². The van der Waals surface area contributed by atoms with Gasteiger partial charge in [0.05, 0.1) is 0 Å². The summed E-state index contributed by atoms with van der Waals surface area (Å²) in [4.78, 5) is 0. The van der Waals surface area contributed by atoms with E-state index in [-0.39, 0.29) is 0 Å². The van der Waals surface area contributed by atoms with Gasteiger partial charge in [-0.25, -0.2) is 0 Å². The van der Waals surface area contributed by atoms with Gasteiger partial charge in [0.1, 0.15) is 7.85 Å². The second kappa shape index (κ2) is 4.65. The largest absolute Gasteiger partial charge is 0.130 e. The molecule has 0 spiro atoms. The topological polar surface area (TPSA) is 0 Å². The Bertz CT molecular complexity index is 402. The maximum absolute atomic E-state index is 2.16. The fourth-order valence-electron chi connectivity index (χ4n) is 1.74. The van der Waals surface area contributed by atoms with Crippen molar-refractivity contribution in [3.63, 3.8) is 0 Å². The lowest BCUT2D eigenvalue weighted by Crippen LogP contribution is -1.87. The van der Waals surface area contributed by atoms with Crippen molar-refractivity contribution < 1.29 is 0 Å². The summed E-state index contributed by atoms with van der Waals surface area (Å²) in [5, 5.41) is 0. The fraction of sp³-hybridized carbons (Fsp3) is 0. The molecule has 0 N–H and O–H groups in total. The van der Waals surface area contributed by atoms with Crippen LogP contribution in [0.2, 0.25) is 0 Å². The van der Waals surface area contributed by atoms with Gasteiger partial charge in [-0.05, 0) is 16.7 Å². The molecule has 0 aliphatic carbocycles. The minimum absolute atomic E-state index is 1.27. The highest BCUT2D eigenvalue weighted by Gasteiger charge is 2.01. The Morgan fingerprint density at radius 1 is 0.733 bits per heavy atom. The van der Waals surface area contributed by atoms with E-state index in [4.69, 9.17) is 0 Å². The van der Waals surface area contributed by atoms with Gasteiger partial charge in [-0.3, -0.25) is 0 Å². The van der Waals surface area contributed by atoms with Gasteiger partial charge >= 0.3 is 0 Å². The zero-order valence-electron chi connectivity index (χ0n) is 8.85. The second-order valence-corrected chi connectivity index (χ2v) is 3.43. The molecular formula is C14H13B. The molecule has 0 nitrogen and oxygen atoms in total. The lowest BCUT2D eigenvalue weighted by atomic mass is 9.92. The maximum Gasteiger partial charge on any atom is 0.130 e. The molecule has 0 atom stereocenters. The number of hydrogen-bond acceptors (Lipinski definition) is 0. The van der Waals surface area contributed by atoms with Gasteiger partial charge in [-0.15, -0.1) is 5.98 Å². The molecule has 0 saturated heterocycles. The molecule has 0 radical (unpaired) electrons. The van der Waals surface area contributed by atoms with Crippen molar-refractivity contribution in [3.05, 3.63) is 77.8 Å². The summed E-state index contributed by atoms with van der Waals surface area (Å²) in [6, 6.07) is 20.9. The molecule has 0 fully saturated rings. The summed E-state index contributed by atoms with van der Waals surface area (Å²) in [6.07, 6.45) is 0. The minimum Gasteiger partial charge on any atom is -0.115 e. The average molecular weight is 192 g/mol. The van der Waals surface area contributed by atoms with Gasteiger partial charge < -0.3 is 0 Å². The maximum atomic E-state index is 2.16. The van der Waals surface area contributed by atoms with E-state index in [1.165, 1.54) is 16.7 Å². The van der Waals surface area contributed by atoms with E-state index in [0.29, 0.717) is 0 Å². The van der Waals surface area contributed by atoms with Crippen molar-refractivity contribution >= 4 is 13.4 Å². The highest BCUT2D eigenvalue weighted by Crippen LogP contribution is 2.21. The predicted octanol–water partition coefficient (Wildman–Crippen LogP) is 2.71. The predicted molar refractivity (Wildman–Crippen MR) is 68.5 cm³/mol. The summed E-state index contributed by atoms with van der Waals surface area (Å²) in [7, 11) is 2.08. The van der Waals surface area contributed by atoms with Crippen LogP contribution in [-0.2, 0) is 0 Å². The Hall–Kier alpha value is -1.76. The van der Waals surface area contributed by atoms with Crippen molar-refractivity contribution in [2.75, 3.05) is 0 Å². The molecule has 72 valence electrons. The van der Waals surface area contributed by atoms with Gasteiger partial charge in [-0.1, -0.05) is 60.7 Å². The van der Waals surface area contributed by atoms with Crippen LogP contribution in [0, 0.1) is 0 Å². The molecule has 0 amide bonds.